The van der Waals surface area contributed by atoms with E-state index in [1.165, 1.54) is 51.9 Å². The van der Waals surface area contributed by atoms with Crippen LogP contribution in [-0.4, -0.2) is 30.3 Å². The van der Waals surface area contributed by atoms with Crippen molar-refractivity contribution in [2.45, 2.75) is 32.4 Å². The van der Waals surface area contributed by atoms with Crippen LogP contribution in [0.4, 0.5) is 18.9 Å². The first kappa shape index (κ1) is 20.4. The van der Waals surface area contributed by atoms with Crippen LogP contribution in [0.25, 0.3) is 0 Å². The van der Waals surface area contributed by atoms with E-state index in [4.69, 9.17) is 0 Å². The van der Waals surface area contributed by atoms with E-state index in [0.29, 0.717) is 10.8 Å². The highest BCUT2D eigenvalue weighted by Crippen LogP contribution is 2.35. The number of anilines is 1. The molecule has 0 unspecified atom stereocenters. The maximum Gasteiger partial charge on any atom is 0.418 e. The van der Waals surface area contributed by atoms with E-state index in [9.17, 15) is 22.8 Å². The fraction of sp³-hybridized carbons (Fsp3) is 0.400. The van der Waals surface area contributed by atoms with Crippen LogP contribution in [0.1, 0.15) is 39.0 Å². The number of nitrogens with one attached hydrogen (secondary N) is 1. The van der Waals surface area contributed by atoms with E-state index in [0.717, 1.165) is 25.3 Å². The number of aryl methyl sites for hydroxylation is 1. The molecule has 2 amide bonds. The van der Waals surface area contributed by atoms with Crippen LogP contribution in [0.5, 0.6) is 0 Å². The van der Waals surface area contributed by atoms with Crippen molar-refractivity contribution in [3.63, 3.8) is 0 Å². The molecule has 0 fully saturated rings. The largest absolute Gasteiger partial charge is 0.418 e. The minimum atomic E-state index is -4.57. The average Bonchev–Trinajstić information content (AvgIpc) is 3.03. The van der Waals surface area contributed by atoms with Crippen molar-refractivity contribution in [1.29, 1.82) is 0 Å². The molecule has 1 atom stereocenters. The number of rotatable bonds is 4. The van der Waals surface area contributed by atoms with Crippen molar-refractivity contribution >= 4 is 28.8 Å². The first-order chi connectivity index (χ1) is 13.1. The Bertz CT molecular complexity index is 892. The highest BCUT2D eigenvalue weighted by atomic mass is 32.1. The third kappa shape index (κ3) is 4.55. The second kappa shape index (κ2) is 7.95. The molecule has 1 aromatic carbocycles. The topological polar surface area (TPSA) is 49.4 Å². The summed E-state index contributed by atoms with van der Waals surface area (Å²) in [5.41, 5.74) is -0.0529. The Hall–Kier alpha value is -2.35. The molecule has 4 nitrogen and oxygen atoms in total. The van der Waals surface area contributed by atoms with Gasteiger partial charge in [-0.3, -0.25) is 9.59 Å². The van der Waals surface area contributed by atoms with Crippen LogP contribution in [0.2, 0.25) is 0 Å². The second-order valence-corrected chi connectivity index (χ2v) is 8.30. The smallest absolute Gasteiger partial charge is 0.332 e. The van der Waals surface area contributed by atoms with Gasteiger partial charge in [-0.25, -0.2) is 0 Å². The Morgan fingerprint density at radius 3 is 2.71 bits per heavy atom. The summed E-state index contributed by atoms with van der Waals surface area (Å²) in [7, 11) is 1.47. The Morgan fingerprint density at radius 2 is 2.00 bits per heavy atom. The van der Waals surface area contributed by atoms with Gasteiger partial charge in [-0.05, 0) is 48.9 Å². The zero-order chi connectivity index (χ0) is 20.5. The molecule has 1 aliphatic carbocycles. The van der Waals surface area contributed by atoms with E-state index < -0.39 is 17.6 Å². The van der Waals surface area contributed by atoms with E-state index >= 15 is 0 Å². The van der Waals surface area contributed by atoms with Crippen LogP contribution in [0, 0.1) is 5.92 Å². The van der Waals surface area contributed by atoms with Crippen LogP contribution in [0.15, 0.2) is 30.3 Å². The number of hydrogen-bond donors (Lipinski definition) is 1. The zero-order valence-electron chi connectivity index (χ0n) is 15.6. The van der Waals surface area contributed by atoms with Gasteiger partial charge in [0.05, 0.1) is 22.7 Å². The molecule has 1 aromatic heterocycles. The summed E-state index contributed by atoms with van der Waals surface area (Å²) in [6.45, 7) is 1.85. The van der Waals surface area contributed by atoms with Gasteiger partial charge in [-0.2, -0.15) is 13.2 Å². The number of hydrogen-bond acceptors (Lipinski definition) is 3. The van der Waals surface area contributed by atoms with Crippen LogP contribution in [0.3, 0.4) is 0 Å². The second-order valence-electron chi connectivity index (χ2n) is 7.16. The molecule has 1 aliphatic rings. The van der Waals surface area contributed by atoms with Gasteiger partial charge in [0.25, 0.3) is 5.91 Å². The van der Waals surface area contributed by atoms with Crippen molar-refractivity contribution in [2.75, 3.05) is 18.9 Å². The number of amides is 2. The number of halogens is 3. The van der Waals surface area contributed by atoms with Gasteiger partial charge in [0.1, 0.15) is 0 Å². The first-order valence-corrected chi connectivity index (χ1v) is 9.80. The van der Waals surface area contributed by atoms with Crippen molar-refractivity contribution in [2.24, 2.45) is 5.92 Å². The molecule has 150 valence electrons. The zero-order valence-corrected chi connectivity index (χ0v) is 16.4. The number of likely N-dealkylation sites (N-methyl/N-ethyl adjacent to an activating group) is 1. The molecule has 1 N–H and O–H groups in total. The number of fused-ring (bicyclic) bond motifs is 1. The lowest BCUT2D eigenvalue weighted by molar-refractivity contribution is -0.137. The first-order valence-electron chi connectivity index (χ1n) is 8.98. The summed E-state index contributed by atoms with van der Waals surface area (Å²) in [6, 6.07) is 6.65. The van der Waals surface area contributed by atoms with Gasteiger partial charge in [0, 0.05) is 11.9 Å². The quantitative estimate of drug-likeness (QED) is 0.801. The molecular weight excluding hydrogens is 389 g/mol. The fourth-order valence-corrected chi connectivity index (χ4v) is 4.52. The van der Waals surface area contributed by atoms with Crippen LogP contribution < -0.4 is 5.32 Å². The molecule has 0 spiro atoms. The lowest BCUT2D eigenvalue weighted by Gasteiger charge is -2.17. The molecule has 28 heavy (non-hydrogen) atoms. The summed E-state index contributed by atoms with van der Waals surface area (Å²) in [4.78, 5) is 27.8. The van der Waals surface area contributed by atoms with Crippen LogP contribution >= 0.6 is 11.3 Å². The molecule has 3 rings (SSSR count). The molecule has 1 heterocycles. The lowest BCUT2D eigenvalue weighted by atomic mass is 9.90. The van der Waals surface area contributed by atoms with E-state index in [1.54, 1.807) is 0 Å². The van der Waals surface area contributed by atoms with Gasteiger partial charge in [-0.15, -0.1) is 11.3 Å². The number of thiophene rings is 1. The van der Waals surface area contributed by atoms with Crippen molar-refractivity contribution < 1.29 is 22.8 Å². The van der Waals surface area contributed by atoms with Gasteiger partial charge < -0.3 is 10.2 Å². The molecular formula is C20H21F3N2O2S. The highest BCUT2D eigenvalue weighted by molar-refractivity contribution is 7.14. The molecule has 0 saturated carbocycles. The van der Waals surface area contributed by atoms with Crippen molar-refractivity contribution in [1.82, 2.24) is 4.90 Å². The fourth-order valence-electron chi connectivity index (χ4n) is 3.32. The molecule has 8 heteroatoms. The Morgan fingerprint density at radius 1 is 1.29 bits per heavy atom. The predicted octanol–water partition coefficient (Wildman–Crippen LogP) is 4.60. The van der Waals surface area contributed by atoms with Crippen molar-refractivity contribution in [3.05, 3.63) is 51.2 Å². The SMILES string of the molecule is C[C@H]1CCc2sc(C(=O)N(C)CC(=O)Nc3ccccc3C(F)(F)F)cc2C1. The minimum Gasteiger partial charge on any atom is -0.332 e. The standard InChI is InChI=1S/C20H21F3N2O2S/c1-12-7-8-16-13(9-12)10-17(28-16)19(27)25(2)11-18(26)24-15-6-4-3-5-14(15)20(21,22)23/h3-6,10,12H,7-9,11H2,1-2H3,(H,24,26)/t12-/m0/s1. The summed E-state index contributed by atoms with van der Waals surface area (Å²) in [5.74, 6) is -0.393. The Labute approximate surface area is 165 Å². The van der Waals surface area contributed by atoms with Gasteiger partial charge >= 0.3 is 6.18 Å². The Balaban J connectivity index is 1.66. The molecule has 0 bridgehead atoms. The van der Waals surface area contributed by atoms with E-state index in [1.807, 2.05) is 6.07 Å². The van der Waals surface area contributed by atoms with Gasteiger partial charge in [0.2, 0.25) is 5.91 Å². The number of para-hydroxylation sites is 1. The normalized spacial score (nSPS) is 16.4. The van der Waals surface area contributed by atoms with E-state index in [2.05, 4.69) is 12.2 Å². The summed E-state index contributed by atoms with van der Waals surface area (Å²) in [5, 5.41) is 2.26. The number of carbonyl (C=O) groups is 2. The number of carbonyl (C=O) groups excluding carboxylic acids is 2. The third-order valence-electron chi connectivity index (χ3n) is 4.77. The minimum absolute atomic E-state index is 0.300. The highest BCUT2D eigenvalue weighted by Gasteiger charge is 2.33. The summed E-state index contributed by atoms with van der Waals surface area (Å²) in [6.07, 6.45) is -1.58. The molecule has 0 aliphatic heterocycles. The summed E-state index contributed by atoms with van der Waals surface area (Å²) >= 11 is 1.44. The molecule has 0 radical (unpaired) electrons. The molecule has 2 aromatic rings. The Kier molecular flexibility index (Phi) is 5.79. The number of alkyl halides is 3. The van der Waals surface area contributed by atoms with Crippen molar-refractivity contribution in [3.8, 4) is 0 Å². The third-order valence-corrected chi connectivity index (χ3v) is 6.00. The lowest BCUT2D eigenvalue weighted by Crippen LogP contribution is -2.34. The average molecular weight is 410 g/mol. The van der Waals surface area contributed by atoms with Gasteiger partial charge in [-0.1, -0.05) is 19.1 Å². The monoisotopic (exact) mass is 410 g/mol. The van der Waals surface area contributed by atoms with Gasteiger partial charge in [0.15, 0.2) is 0 Å². The summed E-state index contributed by atoms with van der Waals surface area (Å²) < 4.78 is 39.1. The van der Waals surface area contributed by atoms with Crippen LogP contribution in [-0.2, 0) is 23.8 Å². The number of nitrogens with zero attached hydrogens (tertiary/aromatic N) is 1. The maximum atomic E-state index is 13.0. The molecule has 0 saturated heterocycles. The number of benzene rings is 1. The maximum absolute atomic E-state index is 13.0. The van der Waals surface area contributed by atoms with E-state index in [-0.39, 0.29) is 18.1 Å². The predicted molar refractivity (Wildman–Crippen MR) is 103 cm³/mol.